The number of carbonyl (C=O) groups excluding carboxylic acids is 1. The molecule has 0 aliphatic carbocycles. The zero-order valence-electron chi connectivity index (χ0n) is 13.9. The van der Waals surface area contributed by atoms with E-state index in [1.54, 1.807) is 6.20 Å². The molecule has 4 aromatic rings. The molecule has 0 fully saturated rings. The summed E-state index contributed by atoms with van der Waals surface area (Å²) in [4.78, 5) is 20.0. The van der Waals surface area contributed by atoms with Gasteiger partial charge < -0.3 is 10.3 Å². The lowest BCUT2D eigenvalue weighted by molar-refractivity contribution is 0.0951. The molecule has 2 aromatic heterocycles. The molecule has 2 N–H and O–H groups in total. The largest absolute Gasteiger partial charge is 0.361 e. The molecule has 26 heavy (non-hydrogen) atoms. The van der Waals surface area contributed by atoms with Gasteiger partial charge in [-0.2, -0.15) is 0 Å². The lowest BCUT2D eigenvalue weighted by Crippen LogP contribution is -2.22. The highest BCUT2D eigenvalue weighted by atomic mass is 35.5. The average molecular weight is 362 g/mol. The summed E-state index contributed by atoms with van der Waals surface area (Å²) in [6, 6.07) is 18.9. The zero-order valence-corrected chi connectivity index (χ0v) is 14.6. The van der Waals surface area contributed by atoms with Gasteiger partial charge in [0.1, 0.15) is 0 Å². The van der Waals surface area contributed by atoms with E-state index in [-0.39, 0.29) is 5.91 Å². The van der Waals surface area contributed by atoms with Gasteiger partial charge in [-0.05, 0) is 35.9 Å². The van der Waals surface area contributed by atoms with Gasteiger partial charge in [0.05, 0.1) is 5.69 Å². The van der Waals surface area contributed by atoms with Crippen LogP contribution < -0.4 is 5.32 Å². The van der Waals surface area contributed by atoms with Crippen molar-refractivity contribution in [2.45, 2.75) is 6.54 Å². The smallest absolute Gasteiger partial charge is 0.251 e. The fraction of sp³-hybridized carbons (Fsp3) is 0.0476. The summed E-state index contributed by atoms with van der Waals surface area (Å²) in [6.07, 6.45) is 3.67. The SMILES string of the molecule is O=C(NCc1ccccc1Cl)c1ccc(-c2nccc3[nH]ccc23)cc1. The van der Waals surface area contributed by atoms with Crippen molar-refractivity contribution in [1.29, 1.82) is 0 Å². The van der Waals surface area contributed by atoms with E-state index < -0.39 is 0 Å². The quantitative estimate of drug-likeness (QED) is 0.547. The van der Waals surface area contributed by atoms with Crippen molar-refractivity contribution >= 4 is 28.4 Å². The molecule has 1 amide bonds. The van der Waals surface area contributed by atoms with Crippen molar-refractivity contribution in [1.82, 2.24) is 15.3 Å². The van der Waals surface area contributed by atoms with Gasteiger partial charge in [0, 0.05) is 46.0 Å². The number of H-pyrrole nitrogens is 1. The molecule has 5 heteroatoms. The number of aromatic amines is 1. The molecule has 4 rings (SSSR count). The molecule has 2 aromatic carbocycles. The summed E-state index contributed by atoms with van der Waals surface area (Å²) in [7, 11) is 0. The van der Waals surface area contributed by atoms with Gasteiger partial charge in [-0.25, -0.2) is 0 Å². The number of pyridine rings is 1. The van der Waals surface area contributed by atoms with Crippen molar-refractivity contribution in [3.63, 3.8) is 0 Å². The first-order chi connectivity index (χ1) is 12.7. The molecule has 2 heterocycles. The number of nitrogens with one attached hydrogen (secondary N) is 2. The number of nitrogens with zero attached hydrogens (tertiary/aromatic N) is 1. The number of benzene rings is 2. The van der Waals surface area contributed by atoms with Crippen LogP contribution in [0.4, 0.5) is 0 Å². The molecule has 128 valence electrons. The maximum Gasteiger partial charge on any atom is 0.251 e. The van der Waals surface area contributed by atoms with E-state index in [1.165, 1.54) is 0 Å². The average Bonchev–Trinajstić information content (AvgIpc) is 3.16. The predicted octanol–water partition coefficient (Wildman–Crippen LogP) is 4.81. The van der Waals surface area contributed by atoms with Crippen molar-refractivity contribution in [3.8, 4) is 11.3 Å². The van der Waals surface area contributed by atoms with Crippen LogP contribution in [0.25, 0.3) is 22.2 Å². The van der Waals surface area contributed by atoms with Crippen molar-refractivity contribution in [2.75, 3.05) is 0 Å². The van der Waals surface area contributed by atoms with Gasteiger partial charge in [0.25, 0.3) is 5.91 Å². The van der Waals surface area contributed by atoms with Crippen LogP contribution in [0.15, 0.2) is 73.1 Å². The third-order valence-electron chi connectivity index (χ3n) is 4.30. The fourth-order valence-electron chi connectivity index (χ4n) is 2.91. The van der Waals surface area contributed by atoms with E-state index in [1.807, 2.05) is 66.9 Å². The van der Waals surface area contributed by atoms with Crippen LogP contribution in [0.2, 0.25) is 5.02 Å². The molecule has 0 saturated carbocycles. The fourth-order valence-corrected chi connectivity index (χ4v) is 3.11. The van der Waals surface area contributed by atoms with Crippen molar-refractivity contribution < 1.29 is 4.79 Å². The molecule has 0 aliphatic heterocycles. The number of aromatic nitrogens is 2. The van der Waals surface area contributed by atoms with Gasteiger partial charge in [-0.3, -0.25) is 9.78 Å². The molecule has 0 radical (unpaired) electrons. The van der Waals surface area contributed by atoms with Crippen LogP contribution in [-0.4, -0.2) is 15.9 Å². The Kier molecular flexibility index (Phi) is 4.42. The monoisotopic (exact) mass is 361 g/mol. The Labute approximate surface area is 155 Å². The number of carbonyl (C=O) groups is 1. The molecule has 4 nitrogen and oxygen atoms in total. The zero-order chi connectivity index (χ0) is 17.9. The van der Waals surface area contributed by atoms with Gasteiger partial charge >= 0.3 is 0 Å². The lowest BCUT2D eigenvalue weighted by Gasteiger charge is -2.08. The Hall–Kier alpha value is -3.11. The first-order valence-corrected chi connectivity index (χ1v) is 8.64. The first-order valence-electron chi connectivity index (χ1n) is 8.26. The molecule has 0 aliphatic rings. The molecule has 0 atom stereocenters. The van der Waals surface area contributed by atoms with E-state index in [0.717, 1.165) is 27.7 Å². The molecule has 0 spiro atoms. The maximum atomic E-state index is 12.4. The number of halogens is 1. The molecular formula is C21H16ClN3O. The topological polar surface area (TPSA) is 57.8 Å². The minimum absolute atomic E-state index is 0.135. The van der Waals surface area contributed by atoms with Crippen LogP contribution in [0.5, 0.6) is 0 Å². The highest BCUT2D eigenvalue weighted by Gasteiger charge is 2.09. The predicted molar refractivity (Wildman–Crippen MR) is 104 cm³/mol. The number of hydrogen-bond donors (Lipinski definition) is 2. The second-order valence-corrected chi connectivity index (χ2v) is 6.36. The van der Waals surface area contributed by atoms with E-state index in [0.29, 0.717) is 17.1 Å². The Bertz CT molecular complexity index is 1070. The Morgan fingerprint density at radius 1 is 1.04 bits per heavy atom. The second-order valence-electron chi connectivity index (χ2n) is 5.95. The van der Waals surface area contributed by atoms with Gasteiger partial charge in [0.15, 0.2) is 0 Å². The third kappa shape index (κ3) is 3.19. The van der Waals surface area contributed by atoms with E-state index in [4.69, 9.17) is 11.6 Å². The summed E-state index contributed by atoms with van der Waals surface area (Å²) in [5.41, 5.74) is 4.39. The summed E-state index contributed by atoms with van der Waals surface area (Å²) in [5, 5.41) is 4.60. The normalized spacial score (nSPS) is 10.8. The highest BCUT2D eigenvalue weighted by Crippen LogP contribution is 2.26. The van der Waals surface area contributed by atoms with Crippen LogP contribution in [-0.2, 0) is 6.54 Å². The van der Waals surface area contributed by atoms with Crippen LogP contribution in [0, 0.1) is 0 Å². The number of fused-ring (bicyclic) bond motifs is 1. The molecule has 0 saturated heterocycles. The number of hydrogen-bond acceptors (Lipinski definition) is 2. The standard InChI is InChI=1S/C21H16ClN3O/c22-18-4-2-1-3-16(18)13-25-21(26)15-7-5-14(6-8-15)20-17-9-11-23-19(17)10-12-24-20/h1-12,23H,13H2,(H,25,26). The minimum atomic E-state index is -0.135. The first kappa shape index (κ1) is 16.4. The van der Waals surface area contributed by atoms with Crippen LogP contribution in [0.1, 0.15) is 15.9 Å². The Balaban J connectivity index is 1.51. The molecular weight excluding hydrogens is 346 g/mol. The van der Waals surface area contributed by atoms with Crippen LogP contribution in [0.3, 0.4) is 0 Å². The van der Waals surface area contributed by atoms with Gasteiger partial charge in [-0.1, -0.05) is 41.9 Å². The summed E-state index contributed by atoms with van der Waals surface area (Å²) >= 11 is 6.12. The van der Waals surface area contributed by atoms with E-state index in [2.05, 4.69) is 15.3 Å². The third-order valence-corrected chi connectivity index (χ3v) is 4.67. The maximum absolute atomic E-state index is 12.4. The van der Waals surface area contributed by atoms with E-state index >= 15 is 0 Å². The number of amides is 1. The van der Waals surface area contributed by atoms with Gasteiger partial charge in [0.2, 0.25) is 0 Å². The summed E-state index contributed by atoms with van der Waals surface area (Å²) in [5.74, 6) is -0.135. The van der Waals surface area contributed by atoms with Crippen molar-refractivity contribution in [2.24, 2.45) is 0 Å². The second kappa shape index (κ2) is 7.02. The Morgan fingerprint density at radius 3 is 2.65 bits per heavy atom. The summed E-state index contributed by atoms with van der Waals surface area (Å²) in [6.45, 7) is 0.393. The van der Waals surface area contributed by atoms with Gasteiger partial charge in [-0.15, -0.1) is 0 Å². The molecule has 0 bridgehead atoms. The number of rotatable bonds is 4. The summed E-state index contributed by atoms with van der Waals surface area (Å²) < 4.78 is 0. The Morgan fingerprint density at radius 2 is 1.85 bits per heavy atom. The van der Waals surface area contributed by atoms with Crippen LogP contribution >= 0.6 is 11.6 Å². The molecule has 0 unspecified atom stereocenters. The highest BCUT2D eigenvalue weighted by molar-refractivity contribution is 6.31. The lowest BCUT2D eigenvalue weighted by atomic mass is 10.1. The van der Waals surface area contributed by atoms with Crippen molar-refractivity contribution in [3.05, 3.63) is 89.2 Å². The van der Waals surface area contributed by atoms with E-state index in [9.17, 15) is 4.79 Å². The minimum Gasteiger partial charge on any atom is -0.361 e.